The normalized spacial score (nSPS) is 44.2. The highest BCUT2D eigenvalue weighted by atomic mass is 16.8. The molecule has 0 unspecified atom stereocenters. The maximum atomic E-state index is 9.92. The van der Waals surface area contributed by atoms with Crippen LogP contribution < -0.4 is 0 Å². The van der Waals surface area contributed by atoms with Crippen molar-refractivity contribution in [1.82, 2.24) is 0 Å². The number of rotatable bonds is 12. The van der Waals surface area contributed by atoms with E-state index in [-0.39, 0.29) is 37.8 Å². The monoisotopic (exact) mass is 1460 g/mol. The van der Waals surface area contributed by atoms with Gasteiger partial charge in [0.1, 0.15) is 165 Å². The summed E-state index contributed by atoms with van der Waals surface area (Å²) >= 11 is 0. The highest BCUT2D eigenvalue weighted by molar-refractivity contribution is 5.21. The molecule has 8 saturated heterocycles. The summed E-state index contributed by atoms with van der Waals surface area (Å²) in [6, 6.07) is 0. The molecule has 0 aromatic heterocycles. The molecule has 50 nitrogen and oxygen atoms in total. The zero-order valence-electron chi connectivity index (χ0n) is 50.2. The molecule has 34 atom stereocenters. The quantitative estimate of drug-likeness (QED) is 0.0863. The van der Waals surface area contributed by atoms with E-state index in [9.17, 15) is 61.3 Å². The van der Waals surface area contributed by atoms with Gasteiger partial charge in [-0.2, -0.15) is 38.4 Å². The van der Waals surface area contributed by atoms with Crippen molar-refractivity contribution < 1.29 is 249 Å². The van der Waals surface area contributed by atoms with Crippen molar-refractivity contribution in [2.24, 2.45) is 0 Å². The minimum atomic E-state index is -2.16. The van der Waals surface area contributed by atoms with Crippen LogP contribution in [0.5, 0.6) is 0 Å². The molecule has 8 heterocycles. The van der Waals surface area contributed by atoms with Crippen LogP contribution in [-0.2, 0) is 85.7 Å². The molecule has 0 bridgehead atoms. The maximum absolute atomic E-state index is 9.92. The van der Waals surface area contributed by atoms with Crippen LogP contribution in [0, 0.1) is 0 Å². The molecule has 0 amide bonds. The van der Waals surface area contributed by atoms with Crippen molar-refractivity contribution in [3.8, 4) is 0 Å². The number of hydrogen-bond acceptors (Lipinski definition) is 50. The van der Waals surface area contributed by atoms with Crippen LogP contribution in [0.4, 0.5) is 0 Å². The average molecular weight is 1460 g/mol. The lowest BCUT2D eigenvalue weighted by atomic mass is 9.99. The summed E-state index contributed by atoms with van der Waals surface area (Å²) in [6.45, 7) is -5.48. The van der Waals surface area contributed by atoms with E-state index in [1.54, 1.807) is 0 Å². The number of aliphatic hydroxyl groups is 32. The van der Waals surface area contributed by atoms with Gasteiger partial charge >= 0.3 is 24.6 Å². The van der Waals surface area contributed by atoms with Crippen LogP contribution in [0.3, 0.4) is 0 Å². The topological polar surface area (TPSA) is 876 Å². The summed E-state index contributed by atoms with van der Waals surface area (Å²) in [5.74, 6) is -4.28. The zero-order valence-corrected chi connectivity index (χ0v) is 50.2. The van der Waals surface area contributed by atoms with Crippen LogP contribution >= 0.6 is 0 Å². The van der Waals surface area contributed by atoms with E-state index >= 15 is 0 Å². The minimum Gasteiger partial charge on any atom is -0.394 e. The molecule has 98 heavy (non-hydrogen) atoms. The Bertz CT molecular complexity index is 2180. The Balaban J connectivity index is 0. The second-order valence-electron chi connectivity index (χ2n) is 20.5. The Hall–Kier alpha value is -4.16. The van der Waals surface area contributed by atoms with Crippen molar-refractivity contribution in [2.45, 2.75) is 208 Å². The van der Waals surface area contributed by atoms with E-state index in [1.807, 2.05) is 0 Å². The van der Waals surface area contributed by atoms with Gasteiger partial charge in [-0.1, -0.05) is 0 Å². The Morgan fingerprint density at radius 2 is 0.602 bits per heavy atom. The first-order valence-corrected chi connectivity index (χ1v) is 27.6. The first-order chi connectivity index (χ1) is 45.8. The van der Waals surface area contributed by atoms with E-state index in [4.69, 9.17) is 169 Å². The molecule has 8 aliphatic rings. The van der Waals surface area contributed by atoms with Gasteiger partial charge in [0.15, 0.2) is 37.7 Å². The summed E-state index contributed by atoms with van der Waals surface area (Å²) in [5.41, 5.74) is 0. The Labute approximate surface area is 547 Å². The molecule has 576 valence electrons. The SMILES string of the molecule is O=C=O.O=C=O.O=C=O.O=C=O.OC[C@H]1O[C@@H](O)[C@@H](O)[C@@H]1O.OC[C@H]1O[C@@](CO)(O[C@H]2OC[C@@H](O)[C@H](O)[C@H]2O)[C@@H](O)[C@@H]1O.OC[C@H]1O[C@H](O)[C@H](O)[C@@H](O)[C@@H]1O.OC[C@H]1O[C@H](O[C@@H]2O[C@H](CO)[C@@H](O)[C@@H]2O)[C@H](O)[C@@H](O)[C@@H]1O.OC[C@H]1O[C@](O)(CO)[C@@H](O)[C@@H]1O.O[C@@H]1[C@@H](O)[C@@H](O)OC[C@H]1O. The van der Waals surface area contributed by atoms with Gasteiger partial charge in [-0.05, 0) is 0 Å². The van der Waals surface area contributed by atoms with Crippen molar-refractivity contribution in [3.63, 3.8) is 0 Å². The zero-order chi connectivity index (χ0) is 76.4. The molecule has 8 rings (SSSR count). The second kappa shape index (κ2) is 47.9. The van der Waals surface area contributed by atoms with E-state index in [0.717, 1.165) is 0 Å². The largest absolute Gasteiger partial charge is 0.394 e. The van der Waals surface area contributed by atoms with Gasteiger partial charge in [0.2, 0.25) is 11.6 Å². The molecule has 0 radical (unpaired) electrons. The second-order valence-corrected chi connectivity index (χ2v) is 20.5. The fraction of sp³-hybridized carbons (Fsp3) is 0.917. The van der Waals surface area contributed by atoms with Crippen LogP contribution in [0.1, 0.15) is 0 Å². The molecule has 0 spiro atoms. The lowest BCUT2D eigenvalue weighted by Gasteiger charge is -2.40. The fourth-order valence-electron chi connectivity index (χ4n) is 8.54. The van der Waals surface area contributed by atoms with E-state index in [0.29, 0.717) is 0 Å². The third-order valence-electron chi connectivity index (χ3n) is 14.1. The molecule has 8 aliphatic heterocycles. The van der Waals surface area contributed by atoms with Gasteiger partial charge in [0, 0.05) is 0 Å². The van der Waals surface area contributed by atoms with E-state index in [2.05, 4.69) is 18.9 Å². The number of ether oxygens (including phenoxy) is 10. The Kier molecular flexibility index (Phi) is 46.9. The van der Waals surface area contributed by atoms with Gasteiger partial charge in [-0.25, -0.2) is 0 Å². The third kappa shape index (κ3) is 27.2. The fourth-order valence-corrected chi connectivity index (χ4v) is 8.54. The predicted octanol–water partition coefficient (Wildman–Crippen LogP) is -23.5. The molecule has 50 heteroatoms. The van der Waals surface area contributed by atoms with E-state index in [1.165, 1.54) is 0 Å². The van der Waals surface area contributed by atoms with Crippen LogP contribution in [-0.4, -0.2) is 462 Å². The van der Waals surface area contributed by atoms with Crippen molar-refractivity contribution in [2.75, 3.05) is 66.1 Å². The summed E-state index contributed by atoms with van der Waals surface area (Å²) in [6.07, 6.45) is -43.3. The average Bonchev–Trinajstić information content (AvgIpc) is 1.60. The van der Waals surface area contributed by atoms with Gasteiger partial charge < -0.3 is 211 Å². The number of aliphatic hydroxyl groups excluding tert-OH is 31. The lowest BCUT2D eigenvalue weighted by Crippen LogP contribution is -2.60. The first kappa shape index (κ1) is 95.9. The Morgan fingerprint density at radius 1 is 0.306 bits per heavy atom. The summed E-state index contributed by atoms with van der Waals surface area (Å²) in [4.78, 5) is 65.0. The van der Waals surface area contributed by atoms with E-state index < -0.39 is 261 Å². The standard InChI is InChI=1S/2C11H20O10.2C6H12O6.2C5H10O5.4CO2/c12-1-5-7(16)9(18)11(3-13,20-5)21-10-8(17)6(15)4(14)2-19-10;12-1-3-5(14)7(16)9(18)11(19-3)21-10-8(17)6(15)4(2-13)20-10;7-1-3-4(9)5(10)6(11,2-8)12-3;7-1-2-3(8)4(9)5(10)6(11)12-2;6-2-1-10-5(9)4(8)3(2)7;6-1-2-3(7)4(8)5(9)10-2;4*2-1-3/h4-10,12-18H,1-3H2;3-18H,1-2H2;3-5,7-11H,1-2H2;2-11H,1H2;2*2-9H,1H2;;;;/t4-,5-,6+,7-,8-,9+,10-,11+;3-,4-,5-,6-,7+,8+,9-,10+,11-;3-,4-,5+,6-;2-,3-,4+,5-,6+;2-,3+,4-,5+;2-,3-,4+,5-;;;;/m111111..../s1. The van der Waals surface area contributed by atoms with Crippen molar-refractivity contribution in [3.05, 3.63) is 0 Å². The maximum Gasteiger partial charge on any atom is 0.373 e. The van der Waals surface area contributed by atoms with Gasteiger partial charge in [0.25, 0.3) is 0 Å². The predicted molar refractivity (Wildman–Crippen MR) is 277 cm³/mol. The Morgan fingerprint density at radius 3 is 0.939 bits per heavy atom. The van der Waals surface area contributed by atoms with Crippen LogP contribution in [0.15, 0.2) is 0 Å². The summed E-state index contributed by atoms with van der Waals surface area (Å²) in [7, 11) is 0. The van der Waals surface area contributed by atoms with Crippen LogP contribution in [0.25, 0.3) is 0 Å². The number of carbonyl (C=O) groups excluding carboxylic acids is 8. The number of hydrogen-bond donors (Lipinski definition) is 32. The first-order valence-electron chi connectivity index (χ1n) is 27.6. The summed E-state index contributed by atoms with van der Waals surface area (Å²) < 4.78 is 48.8. The van der Waals surface area contributed by atoms with Gasteiger partial charge in [-0.3, -0.25) is 0 Å². The van der Waals surface area contributed by atoms with Gasteiger partial charge in [-0.15, -0.1) is 0 Å². The molecule has 0 aromatic carbocycles. The van der Waals surface area contributed by atoms with Crippen LogP contribution in [0.2, 0.25) is 0 Å². The molecule has 8 fully saturated rings. The highest BCUT2D eigenvalue weighted by Gasteiger charge is 2.58. The van der Waals surface area contributed by atoms with Crippen molar-refractivity contribution in [1.29, 1.82) is 0 Å². The smallest absolute Gasteiger partial charge is 0.373 e. The lowest BCUT2D eigenvalue weighted by molar-refractivity contribution is -0.370. The molecule has 32 N–H and O–H groups in total. The molecular weight excluding hydrogens is 1380 g/mol. The molecule has 0 aromatic rings. The third-order valence-corrected chi connectivity index (χ3v) is 14.1. The molecular formula is C48H84O50. The molecule has 0 saturated carbocycles. The summed E-state index contributed by atoms with van der Waals surface area (Å²) in [5, 5.41) is 292. The molecule has 0 aliphatic carbocycles. The van der Waals surface area contributed by atoms with Gasteiger partial charge in [0.05, 0.1) is 59.5 Å². The highest BCUT2D eigenvalue weighted by Crippen LogP contribution is 2.36. The minimum absolute atomic E-state index is 0.153. The van der Waals surface area contributed by atoms with Crippen molar-refractivity contribution >= 4 is 24.6 Å².